The Hall–Kier alpha value is -0.940. The zero-order valence-corrected chi connectivity index (χ0v) is 14.8. The number of hydrogen-bond donors (Lipinski definition) is 2. The van der Waals surface area contributed by atoms with E-state index in [1.54, 1.807) is 6.92 Å². The third-order valence-corrected chi connectivity index (χ3v) is 4.12. The Morgan fingerprint density at radius 2 is 1.57 bits per heavy atom. The molecular formula is C18H34O5. The number of ketones is 1. The maximum Gasteiger partial charge on any atom is 0.329 e. The van der Waals surface area contributed by atoms with E-state index < -0.39 is 5.97 Å². The summed E-state index contributed by atoms with van der Waals surface area (Å²) >= 11 is 0. The second kappa shape index (κ2) is 14.6. The van der Waals surface area contributed by atoms with Gasteiger partial charge in [-0.25, -0.2) is 4.79 Å². The van der Waals surface area contributed by atoms with Crippen molar-refractivity contribution in [1.82, 2.24) is 0 Å². The Balaban J connectivity index is 3.73. The summed E-state index contributed by atoms with van der Waals surface area (Å²) in [5.74, 6) is -0.696. The first kappa shape index (κ1) is 22.1. The molecule has 0 spiro atoms. The molecule has 0 heterocycles. The SMILES string of the molecule is CCCCCC(O)CCCC(CCCCOCC(=O)O)C(C)=O. The number of aliphatic carboxylic acids is 1. The van der Waals surface area contributed by atoms with Gasteiger partial charge in [-0.05, 0) is 39.0 Å². The number of aliphatic hydroxyl groups is 1. The monoisotopic (exact) mass is 330 g/mol. The van der Waals surface area contributed by atoms with E-state index in [4.69, 9.17) is 9.84 Å². The molecule has 136 valence electrons. The fourth-order valence-electron chi connectivity index (χ4n) is 2.68. The van der Waals surface area contributed by atoms with Crippen molar-refractivity contribution in [3.8, 4) is 0 Å². The number of carbonyl (C=O) groups is 2. The molecule has 0 rings (SSSR count). The van der Waals surface area contributed by atoms with Crippen LogP contribution in [0.4, 0.5) is 0 Å². The van der Waals surface area contributed by atoms with Gasteiger partial charge in [-0.2, -0.15) is 0 Å². The van der Waals surface area contributed by atoms with Gasteiger partial charge in [-0.1, -0.05) is 39.0 Å². The van der Waals surface area contributed by atoms with Crippen molar-refractivity contribution < 1.29 is 24.5 Å². The lowest BCUT2D eigenvalue weighted by Gasteiger charge is -2.15. The van der Waals surface area contributed by atoms with E-state index in [1.807, 2.05) is 0 Å². The average molecular weight is 330 g/mol. The number of ether oxygens (including phenoxy) is 1. The molecule has 23 heavy (non-hydrogen) atoms. The van der Waals surface area contributed by atoms with E-state index in [1.165, 1.54) is 0 Å². The fraction of sp³-hybridized carbons (Fsp3) is 0.889. The summed E-state index contributed by atoms with van der Waals surface area (Å²) in [6, 6.07) is 0. The fourth-order valence-corrected chi connectivity index (χ4v) is 2.68. The molecule has 0 saturated carbocycles. The zero-order chi connectivity index (χ0) is 17.5. The molecule has 0 aliphatic rings. The average Bonchev–Trinajstić information content (AvgIpc) is 2.48. The van der Waals surface area contributed by atoms with Gasteiger partial charge in [0.2, 0.25) is 0 Å². The van der Waals surface area contributed by atoms with Gasteiger partial charge in [0.25, 0.3) is 0 Å². The van der Waals surface area contributed by atoms with Crippen LogP contribution in [-0.2, 0) is 14.3 Å². The summed E-state index contributed by atoms with van der Waals surface area (Å²) in [4.78, 5) is 22.0. The van der Waals surface area contributed by atoms with Gasteiger partial charge in [0, 0.05) is 12.5 Å². The molecule has 0 fully saturated rings. The van der Waals surface area contributed by atoms with Crippen LogP contribution in [0.2, 0.25) is 0 Å². The molecule has 0 bridgehead atoms. The summed E-state index contributed by atoms with van der Waals surface area (Å²) in [6.45, 7) is 3.94. The molecule has 5 nitrogen and oxygen atoms in total. The topological polar surface area (TPSA) is 83.8 Å². The molecule has 0 radical (unpaired) electrons. The number of unbranched alkanes of at least 4 members (excludes halogenated alkanes) is 3. The highest BCUT2D eigenvalue weighted by Gasteiger charge is 2.14. The van der Waals surface area contributed by atoms with Crippen LogP contribution >= 0.6 is 0 Å². The van der Waals surface area contributed by atoms with Crippen molar-refractivity contribution in [1.29, 1.82) is 0 Å². The van der Waals surface area contributed by atoms with Gasteiger partial charge < -0.3 is 14.9 Å². The van der Waals surface area contributed by atoms with Crippen LogP contribution in [0.5, 0.6) is 0 Å². The van der Waals surface area contributed by atoms with Gasteiger partial charge in [-0.15, -0.1) is 0 Å². The van der Waals surface area contributed by atoms with E-state index in [0.717, 1.165) is 64.2 Å². The Morgan fingerprint density at radius 1 is 0.957 bits per heavy atom. The predicted molar refractivity (Wildman–Crippen MR) is 90.5 cm³/mol. The molecule has 0 amide bonds. The number of Topliss-reactive ketones (excluding diaryl/α,β-unsaturated/α-hetero) is 1. The highest BCUT2D eigenvalue weighted by Crippen LogP contribution is 2.19. The Kier molecular flexibility index (Phi) is 14.0. The van der Waals surface area contributed by atoms with Gasteiger partial charge in [0.15, 0.2) is 0 Å². The van der Waals surface area contributed by atoms with Crippen LogP contribution in [0.1, 0.15) is 78.1 Å². The smallest absolute Gasteiger partial charge is 0.329 e. The van der Waals surface area contributed by atoms with Crippen LogP contribution in [0.15, 0.2) is 0 Å². The van der Waals surface area contributed by atoms with E-state index in [-0.39, 0.29) is 24.4 Å². The maximum atomic E-state index is 11.7. The third kappa shape index (κ3) is 14.4. The van der Waals surface area contributed by atoms with Gasteiger partial charge >= 0.3 is 5.97 Å². The second-order valence-electron chi connectivity index (χ2n) is 6.33. The van der Waals surface area contributed by atoms with E-state index in [2.05, 4.69) is 6.92 Å². The normalized spacial score (nSPS) is 13.7. The highest BCUT2D eigenvalue weighted by atomic mass is 16.5. The van der Waals surface area contributed by atoms with Crippen LogP contribution in [-0.4, -0.2) is 41.3 Å². The number of carboxylic acids is 1. The molecule has 0 saturated heterocycles. The van der Waals surface area contributed by atoms with Crippen molar-refractivity contribution in [2.24, 2.45) is 5.92 Å². The van der Waals surface area contributed by atoms with Crippen molar-refractivity contribution in [3.63, 3.8) is 0 Å². The van der Waals surface area contributed by atoms with Gasteiger partial charge in [-0.3, -0.25) is 4.79 Å². The maximum absolute atomic E-state index is 11.7. The lowest BCUT2D eigenvalue weighted by molar-refractivity contribution is -0.142. The summed E-state index contributed by atoms with van der Waals surface area (Å²) < 4.78 is 4.98. The molecular weight excluding hydrogens is 296 g/mol. The lowest BCUT2D eigenvalue weighted by Crippen LogP contribution is -2.14. The Labute approximate surface area is 140 Å². The second-order valence-corrected chi connectivity index (χ2v) is 6.33. The first-order chi connectivity index (χ1) is 11.0. The zero-order valence-electron chi connectivity index (χ0n) is 14.8. The van der Waals surface area contributed by atoms with Crippen LogP contribution < -0.4 is 0 Å². The minimum atomic E-state index is -0.955. The van der Waals surface area contributed by atoms with E-state index in [0.29, 0.717) is 6.61 Å². The number of carboxylic acid groups (broad SMARTS) is 1. The first-order valence-corrected chi connectivity index (χ1v) is 8.95. The van der Waals surface area contributed by atoms with Gasteiger partial charge in [0.05, 0.1) is 6.10 Å². The van der Waals surface area contributed by atoms with Crippen molar-refractivity contribution in [2.75, 3.05) is 13.2 Å². The molecule has 0 aromatic rings. The molecule has 0 aliphatic carbocycles. The molecule has 0 aromatic carbocycles. The lowest BCUT2D eigenvalue weighted by atomic mass is 9.91. The minimum Gasteiger partial charge on any atom is -0.480 e. The number of rotatable bonds is 16. The summed E-state index contributed by atoms with van der Waals surface area (Å²) in [6.07, 6.45) is 8.96. The van der Waals surface area contributed by atoms with Crippen molar-refractivity contribution in [2.45, 2.75) is 84.2 Å². The first-order valence-electron chi connectivity index (χ1n) is 8.95. The largest absolute Gasteiger partial charge is 0.480 e. The minimum absolute atomic E-state index is 0.0531. The molecule has 2 N–H and O–H groups in total. The number of carbonyl (C=O) groups excluding carboxylic acids is 1. The van der Waals surface area contributed by atoms with E-state index in [9.17, 15) is 14.7 Å². The van der Waals surface area contributed by atoms with Crippen LogP contribution in [0.3, 0.4) is 0 Å². The highest BCUT2D eigenvalue weighted by molar-refractivity contribution is 5.78. The molecule has 0 aliphatic heterocycles. The standard InChI is InChI=1S/C18H34O5/c1-3-4-5-11-17(20)12-8-10-16(15(2)19)9-6-7-13-23-14-18(21)22/h16-17,20H,3-14H2,1-2H3,(H,21,22). The quantitative estimate of drug-likeness (QED) is 0.423. The van der Waals surface area contributed by atoms with Crippen LogP contribution in [0, 0.1) is 5.92 Å². The van der Waals surface area contributed by atoms with Crippen molar-refractivity contribution >= 4 is 11.8 Å². The number of hydrogen-bond acceptors (Lipinski definition) is 4. The molecule has 0 aromatic heterocycles. The summed E-state index contributed by atoms with van der Waals surface area (Å²) in [5, 5.41) is 18.3. The third-order valence-electron chi connectivity index (χ3n) is 4.12. The van der Waals surface area contributed by atoms with Gasteiger partial charge in [0.1, 0.15) is 12.4 Å². The predicted octanol–water partition coefficient (Wildman–Crippen LogP) is 3.57. The Bertz CT molecular complexity index is 317. The van der Waals surface area contributed by atoms with E-state index >= 15 is 0 Å². The summed E-state index contributed by atoms with van der Waals surface area (Å²) in [5.41, 5.74) is 0. The molecule has 2 unspecified atom stereocenters. The number of aliphatic hydroxyl groups excluding tert-OH is 1. The van der Waals surface area contributed by atoms with Crippen molar-refractivity contribution in [3.05, 3.63) is 0 Å². The van der Waals surface area contributed by atoms with Crippen LogP contribution in [0.25, 0.3) is 0 Å². The summed E-state index contributed by atoms with van der Waals surface area (Å²) in [7, 11) is 0. The molecule has 2 atom stereocenters. The Morgan fingerprint density at radius 3 is 2.17 bits per heavy atom. The molecule has 5 heteroatoms.